The van der Waals surface area contributed by atoms with Gasteiger partial charge in [0.05, 0.1) is 6.10 Å². The van der Waals surface area contributed by atoms with Crippen LogP contribution < -0.4 is 11.1 Å². The van der Waals surface area contributed by atoms with Crippen molar-refractivity contribution in [3.05, 3.63) is 35.5 Å². The fourth-order valence-corrected chi connectivity index (χ4v) is 3.52. The number of carbonyl (C=O) groups excluding carboxylic acids is 1. The summed E-state index contributed by atoms with van der Waals surface area (Å²) in [4.78, 5) is 12.4. The van der Waals surface area contributed by atoms with E-state index in [-0.39, 0.29) is 18.1 Å². The second-order valence-electron chi connectivity index (χ2n) is 6.79. The number of nitrogens with zero attached hydrogens (tertiary/aromatic N) is 1. The van der Waals surface area contributed by atoms with Crippen LogP contribution in [0.5, 0.6) is 0 Å². The molecule has 24 heavy (non-hydrogen) atoms. The highest BCUT2D eigenvalue weighted by Gasteiger charge is 2.19. The van der Waals surface area contributed by atoms with E-state index in [1.165, 1.54) is 10.9 Å². The summed E-state index contributed by atoms with van der Waals surface area (Å²) in [5.74, 6) is 0.0294. The SMILES string of the molecule is Cc1c(CC(C)N)c2ccccc2n1CC(=O)NCC1CCCO1. The molecule has 1 aromatic heterocycles. The van der Waals surface area contributed by atoms with Gasteiger partial charge in [-0.15, -0.1) is 0 Å². The maximum atomic E-state index is 12.4. The maximum absolute atomic E-state index is 12.4. The highest BCUT2D eigenvalue weighted by atomic mass is 16.5. The average molecular weight is 329 g/mol. The van der Waals surface area contributed by atoms with Crippen LogP contribution in [0.15, 0.2) is 24.3 Å². The molecule has 1 aliphatic rings. The molecule has 1 saturated heterocycles. The van der Waals surface area contributed by atoms with Crippen molar-refractivity contribution in [2.75, 3.05) is 13.2 Å². The molecular formula is C19H27N3O2. The topological polar surface area (TPSA) is 69.3 Å². The largest absolute Gasteiger partial charge is 0.376 e. The maximum Gasteiger partial charge on any atom is 0.240 e. The van der Waals surface area contributed by atoms with Gasteiger partial charge in [0.1, 0.15) is 6.54 Å². The van der Waals surface area contributed by atoms with Crippen LogP contribution in [0.4, 0.5) is 0 Å². The molecule has 0 bridgehead atoms. The molecule has 0 saturated carbocycles. The minimum Gasteiger partial charge on any atom is -0.376 e. The van der Waals surface area contributed by atoms with Crippen molar-refractivity contribution < 1.29 is 9.53 Å². The summed E-state index contributed by atoms with van der Waals surface area (Å²) in [5, 5.41) is 4.20. The van der Waals surface area contributed by atoms with Gasteiger partial charge in [-0.3, -0.25) is 4.79 Å². The minimum atomic E-state index is 0.0294. The lowest BCUT2D eigenvalue weighted by atomic mass is 10.0. The lowest BCUT2D eigenvalue weighted by molar-refractivity contribution is -0.122. The Morgan fingerprint density at radius 3 is 2.96 bits per heavy atom. The summed E-state index contributed by atoms with van der Waals surface area (Å²) >= 11 is 0. The van der Waals surface area contributed by atoms with E-state index in [2.05, 4.69) is 28.9 Å². The van der Waals surface area contributed by atoms with Crippen LogP contribution in [0.25, 0.3) is 10.9 Å². The summed E-state index contributed by atoms with van der Waals surface area (Å²) in [6.45, 7) is 5.83. The smallest absolute Gasteiger partial charge is 0.240 e. The van der Waals surface area contributed by atoms with E-state index in [0.717, 1.165) is 37.1 Å². The minimum absolute atomic E-state index is 0.0294. The van der Waals surface area contributed by atoms with Gasteiger partial charge in [-0.05, 0) is 44.7 Å². The number of hydrogen-bond acceptors (Lipinski definition) is 3. The molecule has 1 amide bonds. The third-order valence-corrected chi connectivity index (χ3v) is 4.74. The van der Waals surface area contributed by atoms with Crippen LogP contribution in [-0.4, -0.2) is 35.8 Å². The highest BCUT2D eigenvalue weighted by Crippen LogP contribution is 2.26. The first-order valence-electron chi connectivity index (χ1n) is 8.77. The second-order valence-corrected chi connectivity index (χ2v) is 6.79. The number of rotatable bonds is 6. The van der Waals surface area contributed by atoms with E-state index < -0.39 is 0 Å². The van der Waals surface area contributed by atoms with Crippen LogP contribution in [0.3, 0.4) is 0 Å². The highest BCUT2D eigenvalue weighted by molar-refractivity contribution is 5.87. The average Bonchev–Trinajstić information content (AvgIpc) is 3.16. The molecular weight excluding hydrogens is 302 g/mol. The first-order valence-corrected chi connectivity index (χ1v) is 8.77. The Labute approximate surface area is 143 Å². The van der Waals surface area contributed by atoms with E-state index in [1.54, 1.807) is 0 Å². The van der Waals surface area contributed by atoms with Crippen molar-refractivity contribution in [3.63, 3.8) is 0 Å². The van der Waals surface area contributed by atoms with Gasteiger partial charge in [-0.25, -0.2) is 0 Å². The summed E-state index contributed by atoms with van der Waals surface area (Å²) in [5.41, 5.74) is 9.47. The summed E-state index contributed by atoms with van der Waals surface area (Å²) in [7, 11) is 0. The number of nitrogens with two attached hydrogens (primary N) is 1. The molecule has 3 rings (SSSR count). The second kappa shape index (κ2) is 7.36. The van der Waals surface area contributed by atoms with Crippen molar-refractivity contribution in [2.45, 2.75) is 51.8 Å². The molecule has 2 heterocycles. The molecule has 1 aromatic carbocycles. The molecule has 2 atom stereocenters. The van der Waals surface area contributed by atoms with E-state index in [9.17, 15) is 4.79 Å². The molecule has 0 spiro atoms. The number of nitrogens with one attached hydrogen (secondary N) is 1. The number of fused-ring (bicyclic) bond motifs is 1. The number of para-hydroxylation sites is 1. The van der Waals surface area contributed by atoms with Crippen molar-refractivity contribution in [1.82, 2.24) is 9.88 Å². The van der Waals surface area contributed by atoms with Crippen molar-refractivity contribution in [1.29, 1.82) is 0 Å². The van der Waals surface area contributed by atoms with Gasteiger partial charge in [0, 0.05) is 35.8 Å². The zero-order valence-corrected chi connectivity index (χ0v) is 14.5. The number of aromatic nitrogens is 1. The lowest BCUT2D eigenvalue weighted by Gasteiger charge is -2.13. The zero-order valence-electron chi connectivity index (χ0n) is 14.5. The predicted octanol–water partition coefficient (Wildman–Crippen LogP) is 2.13. The van der Waals surface area contributed by atoms with E-state index in [1.807, 2.05) is 19.1 Å². The van der Waals surface area contributed by atoms with Crippen LogP contribution in [0.2, 0.25) is 0 Å². The van der Waals surface area contributed by atoms with E-state index in [0.29, 0.717) is 13.1 Å². The summed E-state index contributed by atoms with van der Waals surface area (Å²) < 4.78 is 7.66. The van der Waals surface area contributed by atoms with Crippen molar-refractivity contribution in [2.24, 2.45) is 5.73 Å². The first kappa shape index (κ1) is 17.0. The number of carbonyl (C=O) groups is 1. The van der Waals surface area contributed by atoms with Crippen molar-refractivity contribution in [3.8, 4) is 0 Å². The monoisotopic (exact) mass is 329 g/mol. The Balaban J connectivity index is 1.78. The molecule has 5 nitrogen and oxygen atoms in total. The summed E-state index contributed by atoms with van der Waals surface area (Å²) in [6, 6.07) is 8.32. The number of amides is 1. The van der Waals surface area contributed by atoms with Crippen molar-refractivity contribution >= 4 is 16.8 Å². The van der Waals surface area contributed by atoms with Gasteiger partial charge in [0.15, 0.2) is 0 Å². The standard InChI is InChI=1S/C19H27N3O2/c1-13(20)10-17-14(2)22(18-8-4-3-7-16(17)18)12-19(23)21-11-15-6-5-9-24-15/h3-4,7-8,13,15H,5-6,9-12,20H2,1-2H3,(H,21,23). The van der Waals surface area contributed by atoms with Gasteiger partial charge in [-0.1, -0.05) is 18.2 Å². The van der Waals surface area contributed by atoms with Crippen LogP contribution in [0, 0.1) is 6.92 Å². The Morgan fingerprint density at radius 2 is 2.25 bits per heavy atom. The number of hydrogen-bond donors (Lipinski definition) is 2. The third kappa shape index (κ3) is 3.62. The Hall–Kier alpha value is -1.85. The molecule has 1 aliphatic heterocycles. The molecule has 0 aliphatic carbocycles. The normalized spacial score (nSPS) is 18.9. The molecule has 1 fully saturated rings. The Kier molecular flexibility index (Phi) is 5.21. The van der Waals surface area contributed by atoms with Crippen LogP contribution >= 0.6 is 0 Å². The Morgan fingerprint density at radius 1 is 1.46 bits per heavy atom. The molecule has 3 N–H and O–H groups in total. The van der Waals surface area contributed by atoms with Crippen LogP contribution in [0.1, 0.15) is 31.0 Å². The van der Waals surface area contributed by atoms with Gasteiger partial charge in [-0.2, -0.15) is 0 Å². The Bertz CT molecular complexity index is 715. The molecule has 2 aromatic rings. The zero-order chi connectivity index (χ0) is 17.1. The first-order chi connectivity index (χ1) is 11.6. The molecule has 5 heteroatoms. The van der Waals surface area contributed by atoms with Gasteiger partial charge in [0.2, 0.25) is 5.91 Å². The molecule has 130 valence electrons. The fraction of sp³-hybridized carbons (Fsp3) is 0.526. The number of ether oxygens (including phenoxy) is 1. The molecule has 2 unspecified atom stereocenters. The lowest BCUT2D eigenvalue weighted by Crippen LogP contribution is -2.34. The van der Waals surface area contributed by atoms with E-state index >= 15 is 0 Å². The predicted molar refractivity (Wildman–Crippen MR) is 96.0 cm³/mol. The summed E-state index contributed by atoms with van der Waals surface area (Å²) in [6.07, 6.45) is 3.11. The quantitative estimate of drug-likeness (QED) is 0.853. The van der Waals surface area contributed by atoms with Gasteiger partial charge in [0.25, 0.3) is 0 Å². The van der Waals surface area contributed by atoms with Crippen LogP contribution in [-0.2, 0) is 22.5 Å². The van der Waals surface area contributed by atoms with Gasteiger partial charge >= 0.3 is 0 Å². The number of benzene rings is 1. The van der Waals surface area contributed by atoms with Gasteiger partial charge < -0.3 is 20.4 Å². The third-order valence-electron chi connectivity index (χ3n) is 4.74. The van der Waals surface area contributed by atoms with E-state index in [4.69, 9.17) is 10.5 Å². The fourth-order valence-electron chi connectivity index (χ4n) is 3.52. The molecule has 0 radical (unpaired) electrons.